The topological polar surface area (TPSA) is 171 Å². The fourth-order valence-electron chi connectivity index (χ4n) is 5.76. The minimum absolute atomic E-state index is 0.0137. The molecule has 12 heteroatoms. The highest BCUT2D eigenvalue weighted by Crippen LogP contribution is 2.57. The third kappa shape index (κ3) is 4.11. The highest BCUT2D eigenvalue weighted by Gasteiger charge is 2.52. The van der Waals surface area contributed by atoms with Gasteiger partial charge in [-0.25, -0.2) is 9.97 Å². The molecule has 4 aliphatic rings. The Labute approximate surface area is 211 Å². The second-order valence-electron chi connectivity index (χ2n) is 10.3. The van der Waals surface area contributed by atoms with Gasteiger partial charge in [0.2, 0.25) is 0 Å². The molecule has 3 aliphatic carbocycles. The number of aromatic nitrogens is 4. The van der Waals surface area contributed by atoms with Crippen molar-refractivity contribution in [2.24, 2.45) is 10.8 Å². The lowest BCUT2D eigenvalue weighted by Gasteiger charge is -2.51. The number of hydrogen-bond donors (Lipinski definition) is 5. The Hall–Kier alpha value is -4.22. The minimum atomic E-state index is -0.665. The number of ether oxygens (including phenoxy) is 1. The van der Waals surface area contributed by atoms with Gasteiger partial charge in [0.25, 0.3) is 11.8 Å². The maximum absolute atomic E-state index is 13.0. The van der Waals surface area contributed by atoms with Crippen molar-refractivity contribution in [2.45, 2.75) is 45.1 Å². The van der Waals surface area contributed by atoms with Gasteiger partial charge >= 0.3 is 5.97 Å². The molecule has 192 valence electrons. The fraction of sp³-hybridized carbons (Fsp3) is 0.440. The maximum Gasteiger partial charge on any atom is 0.309 e. The number of fused-ring (bicyclic) bond motifs is 5. The van der Waals surface area contributed by atoms with Crippen LogP contribution in [0.5, 0.6) is 5.75 Å². The van der Waals surface area contributed by atoms with Crippen LogP contribution in [0.1, 0.15) is 54.6 Å². The zero-order chi connectivity index (χ0) is 25.6. The highest BCUT2D eigenvalue weighted by molar-refractivity contribution is 6.04. The Kier molecular flexibility index (Phi) is 5.46. The van der Waals surface area contributed by atoms with Crippen LogP contribution < -0.4 is 20.7 Å². The molecule has 2 aromatic heterocycles. The van der Waals surface area contributed by atoms with E-state index in [4.69, 9.17) is 4.74 Å². The average Bonchev–Trinajstić information content (AvgIpc) is 3.34. The average molecular weight is 506 g/mol. The number of nitrogens with zero attached hydrogens (tertiary/aromatic N) is 3. The molecule has 0 radical (unpaired) electrons. The number of amides is 2. The zero-order valence-electron chi connectivity index (χ0n) is 20.1. The molecule has 5 N–H and O–H groups in total. The van der Waals surface area contributed by atoms with Crippen LogP contribution >= 0.6 is 0 Å². The Morgan fingerprint density at radius 2 is 1.89 bits per heavy atom. The summed E-state index contributed by atoms with van der Waals surface area (Å²) in [5, 5.41) is 25.9. The van der Waals surface area contributed by atoms with Crippen LogP contribution in [-0.4, -0.2) is 56.2 Å². The molecule has 0 spiro atoms. The molecule has 37 heavy (non-hydrogen) atoms. The second-order valence-corrected chi connectivity index (χ2v) is 10.3. The third-order valence-corrected chi connectivity index (χ3v) is 8.18. The molecular weight excluding hydrogens is 478 g/mol. The van der Waals surface area contributed by atoms with Crippen molar-refractivity contribution in [2.75, 3.05) is 23.8 Å². The molecule has 0 atom stereocenters. The summed E-state index contributed by atoms with van der Waals surface area (Å²) in [4.78, 5) is 44.7. The van der Waals surface area contributed by atoms with E-state index in [1.54, 1.807) is 12.1 Å². The molecule has 3 heterocycles. The van der Waals surface area contributed by atoms with E-state index in [1.807, 2.05) is 6.07 Å². The molecule has 12 nitrogen and oxygen atoms in total. The van der Waals surface area contributed by atoms with Crippen molar-refractivity contribution in [1.82, 2.24) is 25.5 Å². The van der Waals surface area contributed by atoms with Crippen molar-refractivity contribution in [3.05, 3.63) is 35.8 Å². The zero-order valence-corrected chi connectivity index (χ0v) is 20.1. The van der Waals surface area contributed by atoms with Crippen LogP contribution in [0, 0.1) is 10.8 Å². The summed E-state index contributed by atoms with van der Waals surface area (Å²) >= 11 is 0. The molecule has 2 bridgehead atoms. The first-order chi connectivity index (χ1) is 17.9. The van der Waals surface area contributed by atoms with Crippen LogP contribution in [-0.2, 0) is 16.1 Å². The number of aliphatic carboxylic acids is 1. The SMILES string of the molecule is O=C1COc2ccc(CNC(=O)c3ncnc4c(NCC56CCC(C(=O)O)(CC5)CC6)n[nH]c34)cc2N1. The lowest BCUT2D eigenvalue weighted by Crippen LogP contribution is -2.48. The van der Waals surface area contributed by atoms with Crippen LogP contribution in [0.25, 0.3) is 11.0 Å². The number of hydrogen-bond acceptors (Lipinski definition) is 8. The lowest BCUT2D eigenvalue weighted by atomic mass is 9.53. The van der Waals surface area contributed by atoms with Gasteiger partial charge in [-0.2, -0.15) is 5.10 Å². The molecule has 3 aromatic rings. The number of anilines is 2. The monoisotopic (exact) mass is 505 g/mol. The molecule has 0 saturated heterocycles. The Morgan fingerprint density at radius 3 is 2.65 bits per heavy atom. The molecule has 1 aliphatic heterocycles. The predicted molar refractivity (Wildman–Crippen MR) is 132 cm³/mol. The van der Waals surface area contributed by atoms with Crippen molar-refractivity contribution < 1.29 is 24.2 Å². The summed E-state index contributed by atoms with van der Waals surface area (Å²) in [7, 11) is 0. The molecule has 3 fully saturated rings. The minimum Gasteiger partial charge on any atom is -0.482 e. The number of rotatable bonds is 7. The van der Waals surface area contributed by atoms with E-state index >= 15 is 0 Å². The van der Waals surface area contributed by atoms with Gasteiger partial charge in [-0.05, 0) is 61.6 Å². The van der Waals surface area contributed by atoms with Gasteiger partial charge in [0, 0.05) is 13.1 Å². The second kappa shape index (κ2) is 8.71. The van der Waals surface area contributed by atoms with Gasteiger partial charge in [-0.3, -0.25) is 19.5 Å². The Morgan fingerprint density at radius 1 is 1.11 bits per heavy atom. The van der Waals surface area contributed by atoms with E-state index in [9.17, 15) is 19.5 Å². The molecule has 7 rings (SSSR count). The normalized spacial score (nSPS) is 24.2. The van der Waals surface area contributed by atoms with Gasteiger partial charge in [0.1, 0.15) is 23.1 Å². The summed E-state index contributed by atoms with van der Waals surface area (Å²) in [6.07, 6.45) is 6.08. The molecule has 2 amide bonds. The van der Waals surface area contributed by atoms with Gasteiger partial charge in [0.15, 0.2) is 18.1 Å². The van der Waals surface area contributed by atoms with Crippen molar-refractivity contribution >= 4 is 40.3 Å². The Balaban J connectivity index is 1.12. The first-order valence-electron chi connectivity index (χ1n) is 12.4. The summed E-state index contributed by atoms with van der Waals surface area (Å²) in [6, 6.07) is 5.34. The fourth-order valence-corrected chi connectivity index (χ4v) is 5.76. The first-order valence-corrected chi connectivity index (χ1v) is 12.4. The summed E-state index contributed by atoms with van der Waals surface area (Å²) < 4.78 is 5.37. The molecule has 0 unspecified atom stereocenters. The van der Waals surface area contributed by atoms with Gasteiger partial charge < -0.3 is 25.8 Å². The van der Waals surface area contributed by atoms with Crippen molar-refractivity contribution in [3.63, 3.8) is 0 Å². The van der Waals surface area contributed by atoms with E-state index in [0.717, 1.165) is 24.8 Å². The molecule has 1 aromatic carbocycles. The van der Waals surface area contributed by atoms with E-state index in [1.165, 1.54) is 6.33 Å². The molecular formula is C25H27N7O5. The van der Waals surface area contributed by atoms with E-state index < -0.39 is 11.4 Å². The van der Waals surface area contributed by atoms with Crippen LogP contribution in [0.15, 0.2) is 24.5 Å². The van der Waals surface area contributed by atoms with E-state index in [0.29, 0.717) is 54.1 Å². The third-order valence-electron chi connectivity index (χ3n) is 8.18. The van der Waals surface area contributed by atoms with Gasteiger partial charge in [0.05, 0.1) is 11.1 Å². The summed E-state index contributed by atoms with van der Waals surface area (Å²) in [5.74, 6) is -0.134. The number of nitrogens with one attached hydrogen (secondary N) is 4. The molecule has 3 saturated carbocycles. The number of carboxylic acids is 1. The lowest BCUT2D eigenvalue weighted by molar-refractivity contribution is -0.158. The van der Waals surface area contributed by atoms with Crippen LogP contribution in [0.2, 0.25) is 0 Å². The summed E-state index contributed by atoms with van der Waals surface area (Å²) in [6.45, 7) is 0.889. The summed E-state index contributed by atoms with van der Waals surface area (Å²) in [5.41, 5.74) is 2.01. The first kappa shape index (κ1) is 23.2. The predicted octanol–water partition coefficient (Wildman–Crippen LogP) is 2.45. The number of H-pyrrole nitrogens is 1. The van der Waals surface area contributed by atoms with E-state index in [2.05, 4.69) is 36.1 Å². The maximum atomic E-state index is 13.0. The van der Waals surface area contributed by atoms with E-state index in [-0.39, 0.29) is 36.1 Å². The largest absolute Gasteiger partial charge is 0.482 e. The van der Waals surface area contributed by atoms with Crippen molar-refractivity contribution in [1.29, 1.82) is 0 Å². The number of benzene rings is 1. The number of aromatic amines is 1. The number of carbonyl (C=O) groups is 3. The quantitative estimate of drug-likeness (QED) is 0.323. The smallest absolute Gasteiger partial charge is 0.309 e. The van der Waals surface area contributed by atoms with Crippen LogP contribution in [0.4, 0.5) is 11.5 Å². The Bertz CT molecular complexity index is 1390. The van der Waals surface area contributed by atoms with Crippen LogP contribution in [0.3, 0.4) is 0 Å². The van der Waals surface area contributed by atoms with Gasteiger partial charge in [-0.15, -0.1) is 0 Å². The number of carboxylic acid groups (broad SMARTS) is 1. The van der Waals surface area contributed by atoms with Crippen molar-refractivity contribution in [3.8, 4) is 5.75 Å². The standard InChI is InChI=1S/C25H27N7O5/c33-17-11-37-16-2-1-14(9-15(16)30-17)10-26-22(34)20-18-19(28-13-29-20)21(32-31-18)27-12-24-3-6-25(7-4-24,8-5-24)23(35)36/h1-2,9,13H,3-8,10-12H2,(H,26,34)(H,30,33)(H,35,36)(H2,27,31,32). The van der Waals surface area contributed by atoms with Gasteiger partial charge in [-0.1, -0.05) is 6.07 Å². The number of carbonyl (C=O) groups excluding carboxylic acids is 2. The highest BCUT2D eigenvalue weighted by atomic mass is 16.5.